The van der Waals surface area contributed by atoms with Crippen molar-refractivity contribution in [2.45, 2.75) is 33.0 Å². The molecular formula is C25H26FN5O. The molecule has 0 unspecified atom stereocenters. The fraction of sp³-hybridized carbons (Fsp3) is 0.240. The van der Waals surface area contributed by atoms with E-state index in [1.54, 1.807) is 0 Å². The first-order valence-electron chi connectivity index (χ1n) is 10.6. The van der Waals surface area contributed by atoms with E-state index >= 15 is 0 Å². The van der Waals surface area contributed by atoms with Crippen LogP contribution in [0.5, 0.6) is 0 Å². The molecule has 0 amide bonds. The van der Waals surface area contributed by atoms with Crippen LogP contribution in [0, 0.1) is 12.7 Å². The maximum absolute atomic E-state index is 13.0. The quantitative estimate of drug-likeness (QED) is 0.406. The average Bonchev–Trinajstić information content (AvgIpc) is 3.25. The molecule has 6 nitrogen and oxygen atoms in total. The lowest BCUT2D eigenvalue weighted by atomic mass is 10.1. The standard InChI is InChI=1S/C25H26FN5O/c1-17(11-27-12-19-3-7-21(8-4-19)24-18(2)31-16-32-24)28-13-20-5-9-22(10-6-20)25-29-14-23(26)15-30-25/h3-10,14-17,27-28H,11-13H2,1-2H3/t17-/m0/s1. The van der Waals surface area contributed by atoms with Crippen LogP contribution in [0.4, 0.5) is 4.39 Å². The molecule has 0 aliphatic heterocycles. The summed E-state index contributed by atoms with van der Waals surface area (Å²) in [6.07, 6.45) is 3.83. The maximum atomic E-state index is 13.0. The second-order valence-electron chi connectivity index (χ2n) is 7.80. The van der Waals surface area contributed by atoms with Gasteiger partial charge in [-0.3, -0.25) is 0 Å². The van der Waals surface area contributed by atoms with Gasteiger partial charge in [0.25, 0.3) is 0 Å². The molecule has 0 radical (unpaired) electrons. The van der Waals surface area contributed by atoms with Gasteiger partial charge in [-0.05, 0) is 25.0 Å². The molecule has 164 valence electrons. The van der Waals surface area contributed by atoms with Crippen molar-refractivity contribution in [1.29, 1.82) is 0 Å². The number of nitrogens with zero attached hydrogens (tertiary/aromatic N) is 3. The second-order valence-corrected chi connectivity index (χ2v) is 7.80. The zero-order valence-corrected chi connectivity index (χ0v) is 18.2. The third-order valence-corrected chi connectivity index (χ3v) is 5.23. The van der Waals surface area contributed by atoms with E-state index in [9.17, 15) is 4.39 Å². The molecule has 1 atom stereocenters. The van der Waals surface area contributed by atoms with Crippen LogP contribution in [0.25, 0.3) is 22.7 Å². The normalized spacial score (nSPS) is 12.1. The van der Waals surface area contributed by atoms with Crippen LogP contribution < -0.4 is 10.6 Å². The van der Waals surface area contributed by atoms with Crippen molar-refractivity contribution >= 4 is 0 Å². The fourth-order valence-corrected chi connectivity index (χ4v) is 3.38. The van der Waals surface area contributed by atoms with Crippen LogP contribution in [0.2, 0.25) is 0 Å². The number of nitrogens with one attached hydrogen (secondary N) is 2. The molecule has 0 aliphatic carbocycles. The van der Waals surface area contributed by atoms with E-state index in [1.807, 2.05) is 31.2 Å². The summed E-state index contributed by atoms with van der Waals surface area (Å²) >= 11 is 0. The Kier molecular flexibility index (Phi) is 6.99. The number of hydrogen-bond acceptors (Lipinski definition) is 6. The average molecular weight is 432 g/mol. The number of aromatic nitrogens is 3. The third kappa shape index (κ3) is 5.63. The Labute approximate surface area is 187 Å². The van der Waals surface area contributed by atoms with Crippen molar-refractivity contribution in [1.82, 2.24) is 25.6 Å². The predicted molar refractivity (Wildman–Crippen MR) is 122 cm³/mol. The molecule has 0 fully saturated rings. The minimum absolute atomic E-state index is 0.311. The molecule has 0 bridgehead atoms. The maximum Gasteiger partial charge on any atom is 0.181 e. The molecule has 0 saturated heterocycles. The van der Waals surface area contributed by atoms with Gasteiger partial charge in [0.05, 0.1) is 18.1 Å². The number of rotatable bonds is 9. The SMILES string of the molecule is Cc1ncoc1-c1ccc(CNC[C@H](C)NCc2ccc(-c3ncc(F)cn3)cc2)cc1. The summed E-state index contributed by atoms with van der Waals surface area (Å²) in [5.41, 5.74) is 5.19. The lowest BCUT2D eigenvalue weighted by Gasteiger charge is -2.15. The Balaban J connectivity index is 1.20. The molecule has 0 spiro atoms. The minimum Gasteiger partial charge on any atom is -0.443 e. The Morgan fingerprint density at radius 1 is 0.875 bits per heavy atom. The monoisotopic (exact) mass is 431 g/mol. The molecule has 32 heavy (non-hydrogen) atoms. The van der Waals surface area contributed by atoms with E-state index in [2.05, 4.69) is 56.8 Å². The lowest BCUT2D eigenvalue weighted by Crippen LogP contribution is -2.35. The number of hydrogen-bond donors (Lipinski definition) is 2. The summed E-state index contributed by atoms with van der Waals surface area (Å²) < 4.78 is 18.4. The van der Waals surface area contributed by atoms with Crippen molar-refractivity contribution in [3.8, 4) is 22.7 Å². The fourth-order valence-electron chi connectivity index (χ4n) is 3.38. The van der Waals surface area contributed by atoms with Gasteiger partial charge in [-0.2, -0.15) is 0 Å². The third-order valence-electron chi connectivity index (χ3n) is 5.23. The van der Waals surface area contributed by atoms with Gasteiger partial charge in [0.2, 0.25) is 0 Å². The molecule has 0 aliphatic rings. The highest BCUT2D eigenvalue weighted by Gasteiger charge is 2.07. The Morgan fingerprint density at radius 3 is 2.12 bits per heavy atom. The van der Waals surface area contributed by atoms with Crippen LogP contribution in [0.3, 0.4) is 0 Å². The summed E-state index contributed by atoms with van der Waals surface area (Å²) in [5.74, 6) is 0.906. The van der Waals surface area contributed by atoms with E-state index in [1.165, 1.54) is 29.9 Å². The number of oxazole rings is 1. The van der Waals surface area contributed by atoms with Crippen LogP contribution in [0.15, 0.2) is 71.7 Å². The smallest absolute Gasteiger partial charge is 0.181 e. The highest BCUT2D eigenvalue weighted by molar-refractivity contribution is 5.59. The van der Waals surface area contributed by atoms with Gasteiger partial charge in [-0.25, -0.2) is 19.3 Å². The van der Waals surface area contributed by atoms with Gasteiger partial charge < -0.3 is 15.1 Å². The number of halogens is 1. The first-order chi connectivity index (χ1) is 15.6. The molecule has 2 heterocycles. The molecule has 2 N–H and O–H groups in total. The minimum atomic E-state index is -0.435. The largest absolute Gasteiger partial charge is 0.443 e. The van der Waals surface area contributed by atoms with Crippen molar-refractivity contribution in [2.75, 3.05) is 6.54 Å². The first-order valence-corrected chi connectivity index (χ1v) is 10.6. The van der Waals surface area contributed by atoms with E-state index in [-0.39, 0.29) is 0 Å². The first kappa shape index (κ1) is 21.8. The van der Waals surface area contributed by atoms with Crippen molar-refractivity contribution in [3.05, 3.63) is 90.0 Å². The van der Waals surface area contributed by atoms with Crippen LogP contribution >= 0.6 is 0 Å². The molecule has 7 heteroatoms. The molecule has 0 saturated carbocycles. The van der Waals surface area contributed by atoms with Crippen molar-refractivity contribution < 1.29 is 8.81 Å². The summed E-state index contributed by atoms with van der Waals surface area (Å²) in [7, 11) is 0. The van der Waals surface area contributed by atoms with Crippen molar-refractivity contribution in [2.24, 2.45) is 0 Å². The molecular weight excluding hydrogens is 405 g/mol. The highest BCUT2D eigenvalue weighted by atomic mass is 19.1. The Morgan fingerprint density at radius 2 is 1.50 bits per heavy atom. The molecule has 4 aromatic rings. The molecule has 4 rings (SSSR count). The predicted octanol–water partition coefficient (Wildman–Crippen LogP) is 4.51. The van der Waals surface area contributed by atoms with Crippen molar-refractivity contribution in [3.63, 3.8) is 0 Å². The highest BCUT2D eigenvalue weighted by Crippen LogP contribution is 2.22. The van der Waals surface area contributed by atoms with Gasteiger partial charge in [-0.15, -0.1) is 0 Å². The van der Waals surface area contributed by atoms with Gasteiger partial charge in [0, 0.05) is 36.8 Å². The molecule has 2 aromatic heterocycles. The second kappa shape index (κ2) is 10.3. The zero-order chi connectivity index (χ0) is 22.3. The van der Waals surface area contributed by atoms with Gasteiger partial charge in [-0.1, -0.05) is 48.5 Å². The van der Waals surface area contributed by atoms with Gasteiger partial charge in [0.1, 0.15) is 0 Å². The van der Waals surface area contributed by atoms with Gasteiger partial charge >= 0.3 is 0 Å². The topological polar surface area (TPSA) is 75.9 Å². The molecule has 2 aromatic carbocycles. The Hall–Kier alpha value is -3.42. The lowest BCUT2D eigenvalue weighted by molar-refractivity contribution is 0.501. The summed E-state index contributed by atoms with van der Waals surface area (Å²) in [4.78, 5) is 12.2. The van der Waals surface area contributed by atoms with Crippen LogP contribution in [0.1, 0.15) is 23.7 Å². The van der Waals surface area contributed by atoms with Crippen LogP contribution in [-0.4, -0.2) is 27.5 Å². The van der Waals surface area contributed by atoms with E-state index in [4.69, 9.17) is 4.42 Å². The number of benzene rings is 2. The van der Waals surface area contributed by atoms with Crippen LogP contribution in [-0.2, 0) is 13.1 Å². The Bertz CT molecular complexity index is 1120. The van der Waals surface area contributed by atoms with E-state index in [0.29, 0.717) is 11.9 Å². The summed E-state index contributed by atoms with van der Waals surface area (Å²) in [6.45, 7) is 6.51. The summed E-state index contributed by atoms with van der Waals surface area (Å²) in [6, 6.07) is 16.6. The van der Waals surface area contributed by atoms with E-state index in [0.717, 1.165) is 42.2 Å². The number of aryl methyl sites for hydroxylation is 1. The zero-order valence-electron chi connectivity index (χ0n) is 18.2. The summed E-state index contributed by atoms with van der Waals surface area (Å²) in [5, 5.41) is 7.02. The van der Waals surface area contributed by atoms with Gasteiger partial charge in [0.15, 0.2) is 23.8 Å². The van der Waals surface area contributed by atoms with E-state index < -0.39 is 5.82 Å².